The highest BCUT2D eigenvalue weighted by Gasteiger charge is 2.33. The highest BCUT2D eigenvalue weighted by atomic mass is 16.6. The molecular formula is C13H20BNO2. The summed E-state index contributed by atoms with van der Waals surface area (Å²) in [5.41, 5.74) is 2.40. The van der Waals surface area contributed by atoms with Crippen LogP contribution in [-0.4, -0.2) is 34.4 Å². The van der Waals surface area contributed by atoms with Crippen molar-refractivity contribution in [3.8, 4) is 0 Å². The molecule has 0 N–H and O–H groups in total. The first kappa shape index (κ1) is 12.5. The van der Waals surface area contributed by atoms with E-state index in [0.29, 0.717) is 0 Å². The van der Waals surface area contributed by atoms with E-state index >= 15 is 0 Å². The van der Waals surface area contributed by atoms with Gasteiger partial charge in [0.05, 0.1) is 0 Å². The molecule has 1 aromatic carbocycles. The number of nitrogens with zero attached hydrogens (tertiary/aromatic N) is 1. The Morgan fingerprint density at radius 2 is 1.59 bits per heavy atom. The molecule has 0 aliphatic carbocycles. The number of benzene rings is 1. The minimum Gasteiger partial charge on any atom is -0.407 e. The molecule has 0 bridgehead atoms. The Labute approximate surface area is 104 Å². The molecule has 3 nitrogen and oxygen atoms in total. The van der Waals surface area contributed by atoms with Crippen molar-refractivity contribution in [3.05, 3.63) is 24.3 Å². The van der Waals surface area contributed by atoms with Gasteiger partial charge in [0.1, 0.15) is 0 Å². The Balaban J connectivity index is 2.04. The molecule has 1 heterocycles. The van der Waals surface area contributed by atoms with Gasteiger partial charge in [0.2, 0.25) is 0 Å². The molecule has 0 atom stereocenters. The zero-order valence-corrected chi connectivity index (χ0v) is 11.1. The lowest BCUT2D eigenvalue weighted by atomic mass is 9.76. The van der Waals surface area contributed by atoms with E-state index in [1.54, 1.807) is 0 Å². The second-order valence-corrected chi connectivity index (χ2v) is 5.60. The van der Waals surface area contributed by atoms with E-state index in [4.69, 9.17) is 9.31 Å². The summed E-state index contributed by atoms with van der Waals surface area (Å²) in [5, 5.41) is 0. The number of anilines is 1. The summed E-state index contributed by atoms with van der Waals surface area (Å²) in [7, 11) is 3.86. The summed E-state index contributed by atoms with van der Waals surface area (Å²) in [6.45, 7) is 5.79. The highest BCUT2D eigenvalue weighted by Crippen LogP contribution is 2.21. The second-order valence-electron chi connectivity index (χ2n) is 5.60. The molecule has 1 saturated heterocycles. The van der Waals surface area contributed by atoms with Gasteiger partial charge in [-0.15, -0.1) is 0 Å². The van der Waals surface area contributed by atoms with E-state index in [2.05, 4.69) is 43.0 Å². The Hall–Kier alpha value is -0.995. The molecule has 17 heavy (non-hydrogen) atoms. The average Bonchev–Trinajstić information content (AvgIpc) is 2.29. The van der Waals surface area contributed by atoms with Crippen molar-refractivity contribution < 1.29 is 9.31 Å². The maximum Gasteiger partial charge on any atom is 0.493 e. The molecule has 0 spiro atoms. The quantitative estimate of drug-likeness (QED) is 0.723. The van der Waals surface area contributed by atoms with Crippen molar-refractivity contribution in [3.63, 3.8) is 0 Å². The fourth-order valence-corrected chi connectivity index (χ4v) is 1.81. The first-order chi connectivity index (χ1) is 7.98. The Kier molecular flexibility index (Phi) is 3.45. The number of hydrogen-bond acceptors (Lipinski definition) is 3. The second kappa shape index (κ2) is 4.71. The summed E-state index contributed by atoms with van der Waals surface area (Å²) in [5.74, 6) is 0. The van der Waals surface area contributed by atoms with Gasteiger partial charge in [-0.3, -0.25) is 0 Å². The topological polar surface area (TPSA) is 21.7 Å². The van der Waals surface area contributed by atoms with Gasteiger partial charge in [0.25, 0.3) is 0 Å². The van der Waals surface area contributed by atoms with Crippen LogP contribution in [0.1, 0.15) is 13.8 Å². The summed E-state index contributed by atoms with van der Waals surface area (Å²) >= 11 is 0. The van der Waals surface area contributed by atoms with Gasteiger partial charge in [-0.1, -0.05) is 26.0 Å². The molecule has 2 rings (SSSR count). The molecule has 0 radical (unpaired) electrons. The molecule has 0 amide bonds. The lowest BCUT2D eigenvalue weighted by Gasteiger charge is -2.33. The SMILES string of the molecule is CN(C)c1ccc(B2OCC(C)(C)CO2)cc1. The van der Waals surface area contributed by atoms with Crippen LogP contribution in [0.15, 0.2) is 24.3 Å². The van der Waals surface area contributed by atoms with E-state index in [1.165, 1.54) is 5.69 Å². The van der Waals surface area contributed by atoms with E-state index < -0.39 is 0 Å². The largest absolute Gasteiger partial charge is 0.493 e. The van der Waals surface area contributed by atoms with Crippen molar-refractivity contribution >= 4 is 18.3 Å². The van der Waals surface area contributed by atoms with Gasteiger partial charge >= 0.3 is 7.12 Å². The summed E-state index contributed by atoms with van der Waals surface area (Å²) in [6.07, 6.45) is 0. The minimum atomic E-state index is -0.209. The Morgan fingerprint density at radius 3 is 2.06 bits per heavy atom. The van der Waals surface area contributed by atoms with Crippen LogP contribution < -0.4 is 10.4 Å². The number of rotatable bonds is 2. The van der Waals surface area contributed by atoms with E-state index in [0.717, 1.165) is 18.7 Å². The van der Waals surface area contributed by atoms with Crippen LogP contribution in [0.25, 0.3) is 0 Å². The van der Waals surface area contributed by atoms with E-state index in [-0.39, 0.29) is 12.5 Å². The zero-order chi connectivity index (χ0) is 12.5. The third-order valence-corrected chi connectivity index (χ3v) is 2.93. The molecule has 1 aliphatic rings. The lowest BCUT2D eigenvalue weighted by Crippen LogP contribution is -2.47. The standard InChI is InChI=1S/C13H20BNO2/c1-13(2)9-16-14(17-10-13)11-5-7-12(8-6-11)15(3)4/h5-8H,9-10H2,1-4H3. The van der Waals surface area contributed by atoms with Crippen molar-refractivity contribution in [2.24, 2.45) is 5.41 Å². The maximum atomic E-state index is 5.74. The molecule has 1 aliphatic heterocycles. The van der Waals surface area contributed by atoms with Gasteiger partial charge in [-0.2, -0.15) is 0 Å². The van der Waals surface area contributed by atoms with Crippen LogP contribution in [0.3, 0.4) is 0 Å². The molecule has 0 aromatic heterocycles. The first-order valence-electron chi connectivity index (χ1n) is 5.98. The van der Waals surface area contributed by atoms with Crippen LogP contribution in [0.5, 0.6) is 0 Å². The van der Waals surface area contributed by atoms with Crippen LogP contribution in [0.4, 0.5) is 5.69 Å². The Bertz CT molecular complexity index is 366. The maximum absolute atomic E-state index is 5.74. The van der Waals surface area contributed by atoms with Crippen molar-refractivity contribution in [2.75, 3.05) is 32.2 Å². The van der Waals surface area contributed by atoms with Crippen LogP contribution in [0.2, 0.25) is 0 Å². The number of hydrogen-bond donors (Lipinski definition) is 0. The third-order valence-electron chi connectivity index (χ3n) is 2.93. The summed E-state index contributed by atoms with van der Waals surface area (Å²) in [6, 6.07) is 8.31. The van der Waals surface area contributed by atoms with Gasteiger partial charge in [0, 0.05) is 38.4 Å². The van der Waals surface area contributed by atoms with Crippen molar-refractivity contribution in [2.45, 2.75) is 13.8 Å². The normalized spacial score (nSPS) is 19.2. The smallest absolute Gasteiger partial charge is 0.407 e. The van der Waals surface area contributed by atoms with Crippen molar-refractivity contribution in [1.82, 2.24) is 0 Å². The predicted octanol–water partition coefficient (Wildman–Crippen LogP) is 1.52. The highest BCUT2D eigenvalue weighted by molar-refractivity contribution is 6.61. The molecular weight excluding hydrogens is 213 g/mol. The van der Waals surface area contributed by atoms with Gasteiger partial charge in [0.15, 0.2) is 0 Å². The monoisotopic (exact) mass is 233 g/mol. The summed E-state index contributed by atoms with van der Waals surface area (Å²) in [4.78, 5) is 2.08. The van der Waals surface area contributed by atoms with Crippen LogP contribution >= 0.6 is 0 Å². The average molecular weight is 233 g/mol. The molecule has 4 heteroatoms. The minimum absolute atomic E-state index is 0.125. The first-order valence-corrected chi connectivity index (χ1v) is 5.98. The molecule has 0 unspecified atom stereocenters. The molecule has 0 saturated carbocycles. The van der Waals surface area contributed by atoms with Gasteiger partial charge in [-0.05, 0) is 17.6 Å². The van der Waals surface area contributed by atoms with E-state index in [1.807, 2.05) is 14.1 Å². The fraction of sp³-hybridized carbons (Fsp3) is 0.538. The molecule has 1 aromatic rings. The lowest BCUT2D eigenvalue weighted by molar-refractivity contribution is 0.0343. The fourth-order valence-electron chi connectivity index (χ4n) is 1.81. The molecule has 92 valence electrons. The Morgan fingerprint density at radius 1 is 1.06 bits per heavy atom. The van der Waals surface area contributed by atoms with Crippen molar-refractivity contribution in [1.29, 1.82) is 0 Å². The van der Waals surface area contributed by atoms with Crippen LogP contribution in [0, 0.1) is 5.41 Å². The van der Waals surface area contributed by atoms with E-state index in [9.17, 15) is 0 Å². The zero-order valence-electron chi connectivity index (χ0n) is 11.1. The van der Waals surface area contributed by atoms with Gasteiger partial charge in [-0.25, -0.2) is 0 Å². The predicted molar refractivity (Wildman–Crippen MR) is 71.8 cm³/mol. The molecule has 1 fully saturated rings. The third kappa shape index (κ3) is 3.02. The van der Waals surface area contributed by atoms with Gasteiger partial charge < -0.3 is 14.2 Å². The summed E-state index contributed by atoms with van der Waals surface area (Å²) < 4.78 is 11.5. The van der Waals surface area contributed by atoms with Crippen LogP contribution in [-0.2, 0) is 9.31 Å².